The third-order valence-electron chi connectivity index (χ3n) is 13.5. The monoisotopic (exact) mass is 977 g/mol. The lowest BCUT2D eigenvalue weighted by atomic mass is 10.0. The zero-order valence-electron chi connectivity index (χ0n) is 46.4. The molecule has 8 nitrogen and oxygen atoms in total. The third-order valence-corrected chi connectivity index (χ3v) is 13.5. The van der Waals surface area contributed by atoms with Crippen molar-refractivity contribution < 1.29 is 38.5 Å². The molecule has 1 N–H and O–H groups in total. The predicted molar refractivity (Wildman–Crippen MR) is 293 cm³/mol. The average Bonchev–Trinajstić information content (AvgIpc) is 3.33. The van der Waals surface area contributed by atoms with Crippen molar-refractivity contribution >= 4 is 23.9 Å². The highest BCUT2D eigenvalue weighted by Crippen LogP contribution is 2.18. The summed E-state index contributed by atoms with van der Waals surface area (Å²) in [6.45, 7) is 11.3. The van der Waals surface area contributed by atoms with Crippen LogP contribution in [0.25, 0.3) is 0 Å². The van der Waals surface area contributed by atoms with Crippen LogP contribution in [0.4, 0.5) is 0 Å². The number of rotatable bonds is 54. The molecule has 0 amide bonds. The predicted octanol–water partition coefficient (Wildman–Crippen LogP) is 19.4. The summed E-state index contributed by atoms with van der Waals surface area (Å²) in [4.78, 5) is 47.7. The van der Waals surface area contributed by atoms with Crippen LogP contribution in [0.2, 0.25) is 0 Å². The molecule has 69 heavy (non-hydrogen) atoms. The lowest BCUT2D eigenvalue weighted by Crippen LogP contribution is -2.30. The molecule has 0 bridgehead atoms. The molecule has 0 atom stereocenters. The fourth-order valence-corrected chi connectivity index (χ4v) is 8.80. The lowest BCUT2D eigenvalue weighted by Gasteiger charge is -2.18. The summed E-state index contributed by atoms with van der Waals surface area (Å²) in [6, 6.07) is 0. The Hall–Kier alpha value is -2.38. The molecule has 0 saturated carbocycles. The first-order chi connectivity index (χ1) is 33.7. The van der Waals surface area contributed by atoms with Gasteiger partial charge in [-0.05, 0) is 26.2 Å². The summed E-state index contributed by atoms with van der Waals surface area (Å²) in [7, 11) is 0. The fraction of sp³-hybridized carbons (Fsp3) is 0.902. The average molecular weight is 978 g/mol. The number of unbranched alkanes of at least 4 members (excludes halogenated alkanes) is 42. The molecule has 0 aliphatic carbocycles. The molecular formula is C61H116O8. The van der Waals surface area contributed by atoms with Crippen molar-refractivity contribution in [3.63, 3.8) is 0 Å². The number of esters is 3. The van der Waals surface area contributed by atoms with Gasteiger partial charge in [0.05, 0.1) is 0 Å². The maximum absolute atomic E-state index is 12.8. The van der Waals surface area contributed by atoms with Gasteiger partial charge in [0.1, 0.15) is 13.2 Å². The summed E-state index contributed by atoms with van der Waals surface area (Å²) in [6.07, 6.45) is 58.0. The van der Waals surface area contributed by atoms with E-state index in [1.165, 1.54) is 238 Å². The maximum atomic E-state index is 12.8. The van der Waals surface area contributed by atoms with Crippen molar-refractivity contribution in [2.24, 2.45) is 0 Å². The van der Waals surface area contributed by atoms with Crippen molar-refractivity contribution in [3.8, 4) is 0 Å². The Bertz CT molecular complexity index is 1060. The van der Waals surface area contributed by atoms with Gasteiger partial charge in [0, 0.05) is 24.8 Å². The number of carboxylic acids is 1. The molecule has 0 aromatic heterocycles. The van der Waals surface area contributed by atoms with Crippen LogP contribution in [0.5, 0.6) is 0 Å². The smallest absolute Gasteiger partial charge is 0.330 e. The minimum atomic E-state index is -0.935. The molecule has 0 unspecified atom stereocenters. The minimum absolute atomic E-state index is 0.0611. The molecule has 0 aromatic carbocycles. The van der Waals surface area contributed by atoms with Gasteiger partial charge in [-0.15, -0.1) is 0 Å². The SMILES string of the molecule is C=C(C)C(=O)O.CCCCCCCCCCCCCCCCCC(=O)OCC(COC(=O)CCCCCCCCCCCCCCCCC)OC(=O)CCCCCCCCCCCCCCCCC. The number of hydrogen-bond donors (Lipinski definition) is 1. The Kier molecular flexibility index (Phi) is 57.9. The normalized spacial score (nSPS) is 11.1. The molecule has 0 aromatic rings. The number of carboxylic acid groups (broad SMARTS) is 1. The lowest BCUT2D eigenvalue weighted by molar-refractivity contribution is -0.167. The topological polar surface area (TPSA) is 116 Å². The Morgan fingerprint density at radius 2 is 0.507 bits per heavy atom. The number of aliphatic carboxylic acids is 1. The summed E-state index contributed by atoms with van der Waals surface area (Å²) in [5, 5.41) is 7.89. The van der Waals surface area contributed by atoms with Crippen LogP contribution in [0.3, 0.4) is 0 Å². The molecule has 0 fully saturated rings. The van der Waals surface area contributed by atoms with E-state index in [0.29, 0.717) is 19.3 Å². The highest BCUT2D eigenvalue weighted by molar-refractivity contribution is 5.84. The maximum Gasteiger partial charge on any atom is 0.330 e. The van der Waals surface area contributed by atoms with Gasteiger partial charge in [-0.2, -0.15) is 0 Å². The van der Waals surface area contributed by atoms with Gasteiger partial charge in [-0.3, -0.25) is 14.4 Å². The Morgan fingerprint density at radius 1 is 0.333 bits per heavy atom. The van der Waals surface area contributed by atoms with E-state index in [2.05, 4.69) is 27.4 Å². The Balaban J connectivity index is 0. The van der Waals surface area contributed by atoms with Crippen molar-refractivity contribution in [1.29, 1.82) is 0 Å². The van der Waals surface area contributed by atoms with E-state index in [-0.39, 0.29) is 36.7 Å². The van der Waals surface area contributed by atoms with Crippen LogP contribution in [0.1, 0.15) is 336 Å². The third kappa shape index (κ3) is 59.8. The van der Waals surface area contributed by atoms with E-state index in [9.17, 15) is 19.2 Å². The second kappa shape index (κ2) is 58.2. The van der Waals surface area contributed by atoms with Crippen molar-refractivity contribution in [2.75, 3.05) is 13.2 Å². The molecule has 0 saturated heterocycles. The van der Waals surface area contributed by atoms with Crippen molar-refractivity contribution in [1.82, 2.24) is 0 Å². The number of hydrogen-bond acceptors (Lipinski definition) is 7. The van der Waals surface area contributed by atoms with Crippen molar-refractivity contribution in [3.05, 3.63) is 12.2 Å². The van der Waals surface area contributed by atoms with Crippen LogP contribution in [-0.4, -0.2) is 48.3 Å². The van der Waals surface area contributed by atoms with Gasteiger partial charge in [0.15, 0.2) is 6.10 Å². The largest absolute Gasteiger partial charge is 0.478 e. The first-order valence-electron chi connectivity index (χ1n) is 30.1. The Labute approximate surface area is 428 Å². The van der Waals surface area contributed by atoms with Crippen LogP contribution >= 0.6 is 0 Å². The molecule has 0 radical (unpaired) electrons. The zero-order chi connectivity index (χ0) is 50.9. The molecule has 0 aliphatic rings. The Morgan fingerprint density at radius 3 is 0.696 bits per heavy atom. The number of ether oxygens (including phenoxy) is 3. The van der Waals surface area contributed by atoms with E-state index in [0.717, 1.165) is 57.8 Å². The fourth-order valence-electron chi connectivity index (χ4n) is 8.80. The summed E-state index contributed by atoms with van der Waals surface area (Å²) in [5.41, 5.74) is 0.176. The van der Waals surface area contributed by atoms with E-state index >= 15 is 0 Å². The molecule has 0 aliphatic heterocycles. The van der Waals surface area contributed by atoms with Gasteiger partial charge in [-0.25, -0.2) is 4.79 Å². The van der Waals surface area contributed by atoms with E-state index < -0.39 is 12.1 Å². The summed E-state index contributed by atoms with van der Waals surface area (Å²) in [5.74, 6) is -1.77. The standard InChI is InChI=1S/C57H110O6.C4H6O2/c1-4-7-10-13-16-19-22-25-28-31-34-37-40-43-46-49-55(58)61-52-54(63-57(60)51-48-45-42-39-36-33-30-27-24-21-18-15-12-9-6-3)53-62-56(59)50-47-44-41-38-35-32-29-26-23-20-17-14-11-8-5-2;1-3(2)4(5)6/h54H,4-53H2,1-3H3;1H2,2H3,(H,5,6). The first kappa shape index (κ1) is 68.7. The van der Waals surface area contributed by atoms with Gasteiger partial charge < -0.3 is 19.3 Å². The zero-order valence-corrected chi connectivity index (χ0v) is 46.4. The quantitative estimate of drug-likeness (QED) is 0.0277. The van der Waals surface area contributed by atoms with Crippen LogP contribution in [-0.2, 0) is 33.4 Å². The van der Waals surface area contributed by atoms with Crippen LogP contribution < -0.4 is 0 Å². The van der Waals surface area contributed by atoms with Gasteiger partial charge >= 0.3 is 23.9 Å². The number of carbonyl (C=O) groups excluding carboxylic acids is 3. The van der Waals surface area contributed by atoms with Crippen molar-refractivity contribution in [2.45, 2.75) is 342 Å². The summed E-state index contributed by atoms with van der Waals surface area (Å²) < 4.78 is 16.9. The van der Waals surface area contributed by atoms with Crippen LogP contribution in [0.15, 0.2) is 12.2 Å². The van der Waals surface area contributed by atoms with E-state index in [1.807, 2.05) is 0 Å². The van der Waals surface area contributed by atoms with E-state index in [4.69, 9.17) is 19.3 Å². The second-order valence-electron chi connectivity index (χ2n) is 20.7. The molecule has 0 rings (SSSR count). The van der Waals surface area contributed by atoms with Gasteiger partial charge in [0.2, 0.25) is 0 Å². The first-order valence-corrected chi connectivity index (χ1v) is 30.1. The highest BCUT2D eigenvalue weighted by atomic mass is 16.6. The second-order valence-corrected chi connectivity index (χ2v) is 20.7. The van der Waals surface area contributed by atoms with E-state index in [1.54, 1.807) is 0 Å². The molecule has 408 valence electrons. The van der Waals surface area contributed by atoms with Gasteiger partial charge in [-0.1, -0.05) is 297 Å². The number of carbonyl (C=O) groups is 4. The molecule has 0 heterocycles. The van der Waals surface area contributed by atoms with Gasteiger partial charge in [0.25, 0.3) is 0 Å². The van der Waals surface area contributed by atoms with Crippen LogP contribution in [0, 0.1) is 0 Å². The summed E-state index contributed by atoms with van der Waals surface area (Å²) >= 11 is 0. The molecular weight excluding hydrogens is 861 g/mol. The highest BCUT2D eigenvalue weighted by Gasteiger charge is 2.19. The molecule has 0 spiro atoms. The molecule has 8 heteroatoms. The minimum Gasteiger partial charge on any atom is -0.478 e.